The summed E-state index contributed by atoms with van der Waals surface area (Å²) in [5, 5.41) is 0. The third kappa shape index (κ3) is 3.99. The molecule has 0 bridgehead atoms. The van der Waals surface area contributed by atoms with Gasteiger partial charge in [-0.15, -0.1) is 0 Å². The van der Waals surface area contributed by atoms with Crippen LogP contribution in [-0.4, -0.2) is 57.4 Å². The number of amides is 1. The lowest BCUT2D eigenvalue weighted by molar-refractivity contribution is 0.0531. The number of piperazine rings is 1. The Balaban J connectivity index is 1.43. The van der Waals surface area contributed by atoms with Crippen molar-refractivity contribution in [2.75, 3.05) is 38.0 Å². The number of thiol groups is 1. The Bertz CT molecular complexity index is 1010. The van der Waals surface area contributed by atoms with Crippen LogP contribution in [0.2, 0.25) is 0 Å². The minimum Gasteiger partial charge on any atom is -0.495 e. The quantitative estimate of drug-likeness (QED) is 0.683. The lowest BCUT2D eigenvalue weighted by Crippen LogP contribution is -2.52. The standard InChI is InChI=1S/C21H24FN3O4S/c1-29-19-14-15(2-7-18(19)23-30(27)28)20(26)24-10-12-25(13-11-24)21(8-9-21)16-3-5-17(22)6-4-16/h2-7,14,30H,8-13H2,1H3,(H,23,27,28). The van der Waals surface area contributed by atoms with Gasteiger partial charge in [-0.25, -0.2) is 12.8 Å². The maximum Gasteiger partial charge on any atom is 0.254 e. The highest BCUT2D eigenvalue weighted by Gasteiger charge is 2.50. The highest BCUT2D eigenvalue weighted by molar-refractivity contribution is 7.73. The van der Waals surface area contributed by atoms with Crippen molar-refractivity contribution in [3.63, 3.8) is 0 Å². The van der Waals surface area contributed by atoms with Crippen molar-refractivity contribution in [3.05, 3.63) is 59.4 Å². The van der Waals surface area contributed by atoms with Crippen LogP contribution in [0, 0.1) is 5.82 Å². The number of nitrogens with zero attached hydrogens (tertiary/aromatic N) is 2. The van der Waals surface area contributed by atoms with Gasteiger partial charge in [0.25, 0.3) is 5.91 Å². The first-order chi connectivity index (χ1) is 14.4. The molecule has 1 saturated heterocycles. The summed E-state index contributed by atoms with van der Waals surface area (Å²) < 4.78 is 42.6. The number of rotatable bonds is 6. The first-order valence-corrected chi connectivity index (χ1v) is 11.0. The van der Waals surface area contributed by atoms with Gasteiger partial charge in [0.2, 0.25) is 10.9 Å². The fraction of sp³-hybridized carbons (Fsp3) is 0.381. The molecule has 1 saturated carbocycles. The zero-order valence-corrected chi connectivity index (χ0v) is 17.5. The van der Waals surface area contributed by atoms with Gasteiger partial charge in [0.15, 0.2) is 0 Å². The second kappa shape index (κ2) is 8.23. The predicted molar refractivity (Wildman–Crippen MR) is 112 cm³/mol. The first-order valence-electron chi connectivity index (χ1n) is 9.82. The van der Waals surface area contributed by atoms with Crippen molar-refractivity contribution in [1.82, 2.24) is 9.80 Å². The molecule has 7 nitrogen and oxygen atoms in total. The number of carbonyl (C=O) groups is 1. The van der Waals surface area contributed by atoms with Crippen molar-refractivity contribution in [3.8, 4) is 5.75 Å². The maximum atomic E-state index is 13.3. The Kier molecular flexibility index (Phi) is 5.66. The third-order valence-corrected chi connectivity index (χ3v) is 6.36. The van der Waals surface area contributed by atoms with E-state index in [1.165, 1.54) is 25.3 Å². The molecule has 0 radical (unpaired) electrons. The molecule has 1 amide bonds. The van der Waals surface area contributed by atoms with E-state index in [0.29, 0.717) is 30.1 Å². The van der Waals surface area contributed by atoms with Gasteiger partial charge in [0, 0.05) is 37.3 Å². The zero-order chi connectivity index (χ0) is 21.3. The molecular weight excluding hydrogens is 409 g/mol. The van der Waals surface area contributed by atoms with Crippen molar-refractivity contribution in [2.45, 2.75) is 18.4 Å². The summed E-state index contributed by atoms with van der Waals surface area (Å²) in [6, 6.07) is 11.4. The molecule has 9 heteroatoms. The second-order valence-electron chi connectivity index (χ2n) is 7.60. The molecule has 2 aromatic carbocycles. The fourth-order valence-electron chi connectivity index (χ4n) is 4.20. The van der Waals surface area contributed by atoms with Gasteiger partial charge in [0.05, 0.1) is 12.8 Å². The monoisotopic (exact) mass is 433 g/mol. The molecule has 2 aliphatic rings. The zero-order valence-electron chi connectivity index (χ0n) is 16.6. The Morgan fingerprint density at radius 1 is 1.07 bits per heavy atom. The third-order valence-electron chi connectivity index (χ3n) is 5.94. The molecule has 4 rings (SSSR count). The number of hydrogen-bond acceptors (Lipinski definition) is 5. The summed E-state index contributed by atoms with van der Waals surface area (Å²) >= 11 is 0. The van der Waals surface area contributed by atoms with E-state index in [2.05, 4.69) is 9.62 Å². The average Bonchev–Trinajstić information content (AvgIpc) is 3.56. The number of benzene rings is 2. The number of halogens is 1. The predicted octanol–water partition coefficient (Wildman–Crippen LogP) is 2.22. The molecule has 0 spiro atoms. The van der Waals surface area contributed by atoms with Gasteiger partial charge in [0.1, 0.15) is 11.6 Å². The summed E-state index contributed by atoms with van der Waals surface area (Å²) in [5.74, 6) is -0.0479. The van der Waals surface area contributed by atoms with Crippen molar-refractivity contribution >= 4 is 22.5 Å². The van der Waals surface area contributed by atoms with Gasteiger partial charge in [-0.1, -0.05) is 12.1 Å². The molecule has 2 fully saturated rings. The van der Waals surface area contributed by atoms with Crippen LogP contribution >= 0.6 is 0 Å². The van der Waals surface area contributed by atoms with Gasteiger partial charge >= 0.3 is 0 Å². The van der Waals surface area contributed by atoms with Gasteiger partial charge < -0.3 is 9.64 Å². The van der Waals surface area contributed by atoms with Gasteiger partial charge in [-0.3, -0.25) is 14.4 Å². The van der Waals surface area contributed by atoms with Crippen LogP contribution in [0.3, 0.4) is 0 Å². The number of carbonyl (C=O) groups excluding carboxylic acids is 1. The summed E-state index contributed by atoms with van der Waals surface area (Å²) in [6.07, 6.45) is 2.08. The largest absolute Gasteiger partial charge is 0.495 e. The average molecular weight is 434 g/mol. The van der Waals surface area contributed by atoms with Crippen LogP contribution in [0.1, 0.15) is 28.8 Å². The number of anilines is 1. The number of hydrogen-bond donors (Lipinski definition) is 2. The van der Waals surface area contributed by atoms with Crippen LogP contribution in [-0.2, 0) is 16.4 Å². The number of ether oxygens (including phenoxy) is 1. The van der Waals surface area contributed by atoms with E-state index < -0.39 is 10.9 Å². The Labute approximate surface area is 176 Å². The Morgan fingerprint density at radius 2 is 1.73 bits per heavy atom. The van der Waals surface area contributed by atoms with Crippen molar-refractivity contribution in [1.29, 1.82) is 0 Å². The molecule has 30 heavy (non-hydrogen) atoms. The van der Waals surface area contributed by atoms with E-state index in [9.17, 15) is 17.6 Å². The molecule has 1 N–H and O–H groups in total. The minimum atomic E-state index is -2.82. The lowest BCUT2D eigenvalue weighted by Gasteiger charge is -2.40. The van der Waals surface area contributed by atoms with E-state index in [4.69, 9.17) is 4.74 Å². The lowest BCUT2D eigenvalue weighted by atomic mass is 10.0. The summed E-state index contributed by atoms with van der Waals surface area (Å²) in [7, 11) is -1.39. The molecule has 0 atom stereocenters. The minimum absolute atomic E-state index is 0.0333. The molecule has 1 aliphatic heterocycles. The number of methoxy groups -OCH3 is 1. The molecule has 2 aromatic rings. The van der Waals surface area contributed by atoms with Gasteiger partial charge in [-0.05, 0) is 48.7 Å². The Morgan fingerprint density at radius 3 is 2.30 bits per heavy atom. The van der Waals surface area contributed by atoms with Crippen LogP contribution in [0.4, 0.5) is 10.1 Å². The van der Waals surface area contributed by atoms with Crippen molar-refractivity contribution < 1.29 is 22.3 Å². The molecule has 1 heterocycles. The topological polar surface area (TPSA) is 79.0 Å². The van der Waals surface area contributed by atoms with Crippen LogP contribution in [0.25, 0.3) is 0 Å². The van der Waals surface area contributed by atoms with E-state index >= 15 is 0 Å². The van der Waals surface area contributed by atoms with Crippen LogP contribution in [0.15, 0.2) is 42.5 Å². The maximum absolute atomic E-state index is 13.3. The molecule has 0 unspecified atom stereocenters. The summed E-state index contributed by atoms with van der Waals surface area (Å²) in [6.45, 7) is 2.68. The molecule has 1 aliphatic carbocycles. The van der Waals surface area contributed by atoms with E-state index in [1.54, 1.807) is 17.0 Å². The Hall–Kier alpha value is -2.65. The fourth-order valence-corrected chi connectivity index (χ4v) is 4.58. The van der Waals surface area contributed by atoms with Gasteiger partial charge in [-0.2, -0.15) is 0 Å². The second-order valence-corrected chi connectivity index (χ2v) is 8.34. The van der Waals surface area contributed by atoms with Crippen molar-refractivity contribution in [2.24, 2.45) is 0 Å². The molecular formula is C21H24FN3O4S. The first kappa shape index (κ1) is 20.6. The summed E-state index contributed by atoms with van der Waals surface area (Å²) in [4.78, 5) is 17.1. The molecule has 160 valence electrons. The number of nitrogens with one attached hydrogen (secondary N) is 1. The van der Waals surface area contributed by atoms with E-state index in [0.717, 1.165) is 31.5 Å². The molecule has 0 aromatic heterocycles. The highest BCUT2D eigenvalue weighted by Crippen LogP contribution is 2.51. The summed E-state index contributed by atoms with van der Waals surface area (Å²) in [5.41, 5.74) is 1.85. The van der Waals surface area contributed by atoms with Crippen LogP contribution < -0.4 is 9.46 Å². The van der Waals surface area contributed by atoms with E-state index in [-0.39, 0.29) is 17.3 Å². The highest BCUT2D eigenvalue weighted by atomic mass is 32.2. The van der Waals surface area contributed by atoms with Crippen LogP contribution in [0.5, 0.6) is 5.75 Å². The SMILES string of the molecule is COc1cc(C(=O)N2CCN(C3(c4ccc(F)cc4)CC3)CC2)ccc1N[SH](=O)=O. The smallest absolute Gasteiger partial charge is 0.254 e. The normalized spacial score (nSPS) is 18.3. The van der Waals surface area contributed by atoms with E-state index in [1.807, 2.05) is 12.1 Å².